The fourth-order valence-corrected chi connectivity index (χ4v) is 4.68. The van der Waals surface area contributed by atoms with Crippen molar-refractivity contribution in [3.8, 4) is 0 Å². The highest BCUT2D eigenvalue weighted by Gasteiger charge is 2.24. The molecule has 0 bridgehead atoms. The molecular formula is C27H41N7O. The van der Waals surface area contributed by atoms with Crippen LogP contribution in [0.15, 0.2) is 36.7 Å². The Morgan fingerprint density at radius 1 is 1.00 bits per heavy atom. The van der Waals surface area contributed by atoms with E-state index < -0.39 is 0 Å². The molecule has 2 aromatic heterocycles. The van der Waals surface area contributed by atoms with E-state index in [-0.39, 0.29) is 17.7 Å². The number of rotatable bonds is 7. The van der Waals surface area contributed by atoms with Crippen LogP contribution in [0.5, 0.6) is 0 Å². The maximum atomic E-state index is 12.9. The van der Waals surface area contributed by atoms with Crippen LogP contribution in [0.25, 0.3) is 0 Å². The lowest BCUT2D eigenvalue weighted by Gasteiger charge is -2.32. The number of amides is 1. The number of carbonyl (C=O) groups excluding carboxylic acids is 1. The Balaban J connectivity index is 0.00000167. The number of hydrogen-bond acceptors (Lipinski definition) is 7. The number of nitrogens with zero attached hydrogens (tertiary/aromatic N) is 4. The summed E-state index contributed by atoms with van der Waals surface area (Å²) < 4.78 is 0. The molecule has 35 heavy (non-hydrogen) atoms. The van der Waals surface area contributed by atoms with Gasteiger partial charge < -0.3 is 15.5 Å². The van der Waals surface area contributed by atoms with E-state index in [0.717, 1.165) is 51.4 Å². The summed E-state index contributed by atoms with van der Waals surface area (Å²) >= 11 is 0. The first-order chi connectivity index (χ1) is 17.1. The van der Waals surface area contributed by atoms with Crippen molar-refractivity contribution in [2.24, 2.45) is 0 Å². The van der Waals surface area contributed by atoms with E-state index in [1.54, 1.807) is 7.05 Å². The van der Waals surface area contributed by atoms with E-state index >= 15 is 0 Å². The van der Waals surface area contributed by atoms with Crippen LogP contribution < -0.4 is 15.5 Å². The van der Waals surface area contributed by atoms with Gasteiger partial charge in [0.05, 0.1) is 0 Å². The number of anilines is 2. The molecule has 0 aromatic carbocycles. The number of likely N-dealkylation sites (tertiary alicyclic amines) is 1. The second kappa shape index (κ2) is 13.8. The summed E-state index contributed by atoms with van der Waals surface area (Å²) in [5.74, 6) is 1.17. The van der Waals surface area contributed by atoms with Crippen LogP contribution in [0.2, 0.25) is 0 Å². The number of carbonyl (C=O) groups is 1. The van der Waals surface area contributed by atoms with Crippen molar-refractivity contribution in [3.63, 3.8) is 0 Å². The number of hydrogen-bond donors (Lipinski definition) is 3. The topological polar surface area (TPSA) is 97.2 Å². The van der Waals surface area contributed by atoms with Crippen LogP contribution in [-0.4, -0.2) is 65.8 Å². The van der Waals surface area contributed by atoms with Gasteiger partial charge in [-0.05, 0) is 55.5 Å². The molecule has 3 N–H and O–H groups in total. The highest BCUT2D eigenvalue weighted by Crippen LogP contribution is 2.23. The second-order valence-electron chi connectivity index (χ2n) is 8.97. The molecule has 0 aliphatic carbocycles. The Morgan fingerprint density at radius 2 is 1.66 bits per heavy atom. The van der Waals surface area contributed by atoms with Crippen LogP contribution in [0.4, 0.5) is 11.6 Å². The first-order valence-corrected chi connectivity index (χ1v) is 13.1. The SMILES string of the molecule is CC.CNc1nc(N2CCCCCC2)ccc1C(=N)C(=O)NC1CCN(Cc2ccncc2)CC1. The predicted molar refractivity (Wildman–Crippen MR) is 143 cm³/mol. The zero-order valence-electron chi connectivity index (χ0n) is 21.5. The standard InChI is InChI=1S/C25H35N7O.C2H6/c1-27-24-21(6-7-22(30-24)32-14-4-2-3-5-15-32)23(26)25(33)29-20-10-16-31(17-11-20)18-19-8-12-28-13-9-19;1-2/h6-9,12-13,20,26H,2-5,10-11,14-18H2,1H3,(H,27,30)(H,29,33);1-2H3. The van der Waals surface area contributed by atoms with E-state index in [9.17, 15) is 4.79 Å². The lowest BCUT2D eigenvalue weighted by Crippen LogP contribution is -2.46. The minimum absolute atomic E-state index is 0.0338. The molecule has 4 heterocycles. The van der Waals surface area contributed by atoms with Crippen LogP contribution in [0, 0.1) is 5.41 Å². The summed E-state index contributed by atoms with van der Waals surface area (Å²) in [6, 6.07) is 7.98. The summed E-state index contributed by atoms with van der Waals surface area (Å²) in [7, 11) is 1.79. The van der Waals surface area contributed by atoms with Gasteiger partial charge in [-0.1, -0.05) is 26.7 Å². The fraction of sp³-hybridized carbons (Fsp3) is 0.556. The van der Waals surface area contributed by atoms with Gasteiger partial charge in [0.25, 0.3) is 5.91 Å². The molecule has 2 aromatic rings. The van der Waals surface area contributed by atoms with Gasteiger partial charge in [0.15, 0.2) is 0 Å². The average molecular weight is 480 g/mol. The first kappa shape index (κ1) is 26.6. The van der Waals surface area contributed by atoms with Gasteiger partial charge in [-0.3, -0.25) is 20.1 Å². The molecule has 2 aliphatic heterocycles. The first-order valence-electron chi connectivity index (χ1n) is 13.1. The third kappa shape index (κ3) is 7.49. The Kier molecular flexibility index (Phi) is 10.5. The third-order valence-corrected chi connectivity index (χ3v) is 6.62. The van der Waals surface area contributed by atoms with Crippen LogP contribution in [0.3, 0.4) is 0 Å². The quantitative estimate of drug-likeness (QED) is 0.518. The Hall–Kier alpha value is -3.00. The largest absolute Gasteiger partial charge is 0.373 e. The predicted octanol–water partition coefficient (Wildman–Crippen LogP) is 4.07. The highest BCUT2D eigenvalue weighted by molar-refractivity contribution is 6.45. The minimum atomic E-state index is -0.330. The molecule has 0 spiro atoms. The lowest BCUT2D eigenvalue weighted by atomic mass is 10.0. The molecule has 190 valence electrons. The van der Waals surface area contributed by atoms with Crippen molar-refractivity contribution in [1.82, 2.24) is 20.2 Å². The summed E-state index contributed by atoms with van der Waals surface area (Å²) in [4.78, 5) is 26.4. The lowest BCUT2D eigenvalue weighted by molar-refractivity contribution is -0.115. The van der Waals surface area contributed by atoms with Gasteiger partial charge >= 0.3 is 0 Å². The maximum Gasteiger partial charge on any atom is 0.270 e. The van der Waals surface area contributed by atoms with Gasteiger partial charge in [-0.15, -0.1) is 0 Å². The summed E-state index contributed by atoms with van der Waals surface area (Å²) in [5, 5.41) is 14.7. The van der Waals surface area contributed by atoms with Gasteiger partial charge in [0.2, 0.25) is 0 Å². The Bertz CT molecular complexity index is 934. The molecule has 2 saturated heterocycles. The van der Waals surface area contributed by atoms with Gasteiger partial charge in [-0.2, -0.15) is 0 Å². The average Bonchev–Trinajstić information content (AvgIpc) is 3.20. The number of aromatic nitrogens is 2. The molecule has 2 aliphatic rings. The molecular weight excluding hydrogens is 438 g/mol. The Labute approximate surface area is 210 Å². The monoisotopic (exact) mass is 479 g/mol. The van der Waals surface area contributed by atoms with Gasteiger partial charge in [0.1, 0.15) is 17.3 Å². The van der Waals surface area contributed by atoms with E-state index in [0.29, 0.717) is 11.4 Å². The van der Waals surface area contributed by atoms with Gasteiger partial charge in [-0.25, -0.2) is 4.98 Å². The van der Waals surface area contributed by atoms with Crippen LogP contribution >= 0.6 is 0 Å². The van der Waals surface area contributed by atoms with E-state index in [1.807, 2.05) is 50.5 Å². The van der Waals surface area contributed by atoms with Crippen molar-refractivity contribution in [2.45, 2.75) is 65.0 Å². The molecule has 1 amide bonds. The molecule has 8 nitrogen and oxygen atoms in total. The molecule has 0 saturated carbocycles. The fourth-order valence-electron chi connectivity index (χ4n) is 4.68. The second-order valence-corrected chi connectivity index (χ2v) is 8.97. The van der Waals surface area contributed by atoms with E-state index in [4.69, 9.17) is 10.4 Å². The highest BCUT2D eigenvalue weighted by atomic mass is 16.1. The van der Waals surface area contributed by atoms with Gasteiger partial charge in [0, 0.05) is 63.8 Å². The normalized spacial score (nSPS) is 17.1. The molecule has 2 fully saturated rings. The zero-order valence-corrected chi connectivity index (χ0v) is 21.5. The van der Waals surface area contributed by atoms with Crippen LogP contribution in [0.1, 0.15) is 63.5 Å². The Morgan fingerprint density at radius 3 is 2.29 bits per heavy atom. The zero-order chi connectivity index (χ0) is 25.0. The van der Waals surface area contributed by atoms with Crippen molar-refractivity contribution in [2.75, 3.05) is 43.4 Å². The number of nitrogens with one attached hydrogen (secondary N) is 3. The van der Waals surface area contributed by atoms with E-state index in [2.05, 4.69) is 25.4 Å². The summed E-state index contributed by atoms with van der Waals surface area (Å²) in [6.45, 7) is 8.77. The number of piperidine rings is 1. The van der Waals surface area contributed by atoms with Crippen molar-refractivity contribution < 1.29 is 4.79 Å². The third-order valence-electron chi connectivity index (χ3n) is 6.62. The molecule has 4 rings (SSSR count). The van der Waals surface area contributed by atoms with Crippen molar-refractivity contribution in [1.29, 1.82) is 5.41 Å². The van der Waals surface area contributed by atoms with Crippen LogP contribution in [-0.2, 0) is 11.3 Å². The molecule has 0 radical (unpaired) electrons. The maximum absolute atomic E-state index is 12.9. The molecule has 0 atom stereocenters. The summed E-state index contributed by atoms with van der Waals surface area (Å²) in [5.41, 5.74) is 1.77. The molecule has 8 heteroatoms. The van der Waals surface area contributed by atoms with Crippen molar-refractivity contribution in [3.05, 3.63) is 47.8 Å². The summed E-state index contributed by atoms with van der Waals surface area (Å²) in [6.07, 6.45) is 10.3. The van der Waals surface area contributed by atoms with E-state index in [1.165, 1.54) is 31.2 Å². The number of pyridine rings is 2. The van der Waals surface area contributed by atoms with Crippen molar-refractivity contribution >= 4 is 23.3 Å². The molecule has 0 unspecified atom stereocenters. The minimum Gasteiger partial charge on any atom is -0.373 e. The smallest absolute Gasteiger partial charge is 0.270 e.